The Morgan fingerprint density at radius 1 is 0.500 bits per heavy atom. The maximum absolute atomic E-state index is 2.53. The molecule has 4 aromatic carbocycles. The summed E-state index contributed by atoms with van der Waals surface area (Å²) in [5.41, 5.74) is 15.3. The molecule has 0 unspecified atom stereocenters. The van der Waals surface area contributed by atoms with Gasteiger partial charge in [-0.15, -0.1) is 0 Å². The molecule has 0 saturated heterocycles. The smallest absolute Gasteiger partial charge is 0.158 e. The third-order valence-corrected chi connectivity index (χ3v) is 12.2. The van der Waals surface area contributed by atoms with E-state index in [0.717, 1.165) is 25.7 Å². The number of hydrogen-bond donors (Lipinski definition) is 0. The number of nitrogens with zero attached hydrogens (tertiary/aromatic N) is 2. The molecule has 0 N–H and O–H groups in total. The Morgan fingerprint density at radius 3 is 1.72 bits per heavy atom. The van der Waals surface area contributed by atoms with Crippen LogP contribution in [0.25, 0.3) is 55.5 Å². The van der Waals surface area contributed by atoms with Gasteiger partial charge in [0, 0.05) is 24.3 Å². The third-order valence-electron chi connectivity index (χ3n) is 12.2. The molecule has 0 bridgehead atoms. The first-order valence-electron chi connectivity index (χ1n) is 18.7. The van der Waals surface area contributed by atoms with Gasteiger partial charge >= 0.3 is 0 Å². The van der Waals surface area contributed by atoms with Crippen molar-refractivity contribution in [2.24, 2.45) is 0 Å². The van der Waals surface area contributed by atoms with E-state index in [1.54, 1.807) is 0 Å². The number of fused-ring (bicyclic) bond motifs is 9. The zero-order chi connectivity index (χ0) is 35.2. The average molecular weight is 657 g/mol. The quantitative estimate of drug-likeness (QED) is 0.132. The van der Waals surface area contributed by atoms with Crippen LogP contribution in [0.5, 0.6) is 0 Å². The van der Waals surface area contributed by atoms with Gasteiger partial charge in [0.05, 0.1) is 24.0 Å². The highest BCUT2D eigenvalue weighted by Gasteiger charge is 2.40. The van der Waals surface area contributed by atoms with Crippen molar-refractivity contribution in [1.29, 1.82) is 0 Å². The van der Waals surface area contributed by atoms with Crippen LogP contribution in [0.3, 0.4) is 0 Å². The van der Waals surface area contributed by atoms with E-state index in [-0.39, 0.29) is 16.2 Å². The van der Waals surface area contributed by atoms with Crippen molar-refractivity contribution in [2.45, 2.75) is 104 Å². The van der Waals surface area contributed by atoms with Gasteiger partial charge in [-0.05, 0) is 96.6 Å². The molecular formula is C48H52N2+2. The Morgan fingerprint density at radius 2 is 1.06 bits per heavy atom. The Labute approximate surface area is 299 Å². The van der Waals surface area contributed by atoms with Crippen molar-refractivity contribution >= 4 is 32.9 Å². The Kier molecular flexibility index (Phi) is 7.50. The van der Waals surface area contributed by atoms with Gasteiger partial charge in [0.2, 0.25) is 11.4 Å². The fraction of sp³-hybridized carbons (Fsp3) is 0.333. The number of pyridine rings is 2. The first kappa shape index (κ1) is 32.6. The Bertz CT molecular complexity index is 2370. The van der Waals surface area contributed by atoms with Crippen molar-refractivity contribution in [3.8, 4) is 22.5 Å². The van der Waals surface area contributed by atoms with Crippen molar-refractivity contribution in [3.63, 3.8) is 0 Å². The van der Waals surface area contributed by atoms with Crippen LogP contribution in [0.15, 0.2) is 103 Å². The van der Waals surface area contributed by atoms with E-state index < -0.39 is 0 Å². The van der Waals surface area contributed by atoms with E-state index in [4.69, 9.17) is 0 Å². The molecule has 0 saturated carbocycles. The van der Waals surface area contributed by atoms with Crippen molar-refractivity contribution in [2.75, 3.05) is 0 Å². The van der Waals surface area contributed by atoms with Crippen LogP contribution in [-0.4, -0.2) is 0 Å². The molecule has 0 aliphatic carbocycles. The van der Waals surface area contributed by atoms with Crippen LogP contribution in [0, 0.1) is 0 Å². The van der Waals surface area contributed by atoms with Crippen LogP contribution in [0.2, 0.25) is 0 Å². The third kappa shape index (κ3) is 5.22. The van der Waals surface area contributed by atoms with Gasteiger partial charge in [0.25, 0.3) is 11.4 Å². The minimum atomic E-state index is 0.0557. The molecule has 2 aromatic heterocycles. The summed E-state index contributed by atoms with van der Waals surface area (Å²) in [4.78, 5) is 0. The highest BCUT2D eigenvalue weighted by atomic mass is 15.1. The first-order chi connectivity index (χ1) is 23.8. The SMILES string of the molecule is CCC(C)(CC)c1cc[n+]2c(c1)-c1cc3c(ccc4ccccc43)cc1C/C2=C1/Cc2ccc(C(C)(C)C)cc2-c2cc(C(C)(C)C)cc[n+]21. The monoisotopic (exact) mass is 656 g/mol. The maximum Gasteiger partial charge on any atom is 0.259 e. The standard InChI is InChI=1S/C48H52N2/c1-10-48(9,11-2)37-21-23-50-43(29-37)41-30-39-32(17-16-31-14-12-13-15-38(31)39)24-34(41)26-45(50)44-25-33-18-19-35(46(3,4)5)27-40(33)42-28-36(47(6,7)8)20-22-49(42)44/h12-24,27-30H,10-11,25-26H2,1-9H3/q+2/b45-44+. The van der Waals surface area contributed by atoms with Crippen LogP contribution in [-0.2, 0) is 29.1 Å². The molecule has 252 valence electrons. The molecule has 0 atom stereocenters. The molecule has 0 spiro atoms. The normalized spacial score (nSPS) is 15.9. The van der Waals surface area contributed by atoms with Crippen LogP contribution in [0.4, 0.5) is 0 Å². The highest BCUT2D eigenvalue weighted by Crippen LogP contribution is 2.41. The molecule has 4 heterocycles. The van der Waals surface area contributed by atoms with Gasteiger partial charge in [-0.3, -0.25) is 0 Å². The average Bonchev–Trinajstić information content (AvgIpc) is 3.11. The number of benzene rings is 4. The lowest BCUT2D eigenvalue weighted by Crippen LogP contribution is -2.47. The summed E-state index contributed by atoms with van der Waals surface area (Å²) in [6.45, 7) is 21.0. The lowest BCUT2D eigenvalue weighted by Gasteiger charge is -2.28. The molecule has 8 rings (SSSR count). The minimum Gasteiger partial charge on any atom is -0.158 e. The number of rotatable bonds is 3. The molecule has 2 aliphatic heterocycles. The summed E-state index contributed by atoms with van der Waals surface area (Å²) >= 11 is 0. The Balaban J connectivity index is 1.42. The second-order valence-electron chi connectivity index (χ2n) is 17.2. The fourth-order valence-corrected chi connectivity index (χ4v) is 8.32. The zero-order valence-corrected chi connectivity index (χ0v) is 31.5. The van der Waals surface area contributed by atoms with E-state index in [2.05, 4.69) is 175 Å². The van der Waals surface area contributed by atoms with Gasteiger partial charge in [-0.1, -0.05) is 111 Å². The lowest BCUT2D eigenvalue weighted by atomic mass is 9.77. The highest BCUT2D eigenvalue weighted by molar-refractivity contribution is 6.09. The molecule has 0 radical (unpaired) electrons. The molecule has 0 amide bonds. The van der Waals surface area contributed by atoms with Crippen molar-refractivity contribution in [1.82, 2.24) is 0 Å². The summed E-state index contributed by atoms with van der Waals surface area (Å²) in [5.74, 6) is 0. The fourth-order valence-electron chi connectivity index (χ4n) is 8.32. The summed E-state index contributed by atoms with van der Waals surface area (Å²) in [6.07, 6.45) is 8.74. The summed E-state index contributed by atoms with van der Waals surface area (Å²) < 4.78 is 5.05. The van der Waals surface area contributed by atoms with Crippen LogP contribution >= 0.6 is 0 Å². The van der Waals surface area contributed by atoms with Crippen molar-refractivity contribution in [3.05, 3.63) is 131 Å². The lowest BCUT2D eigenvalue weighted by molar-refractivity contribution is -0.602. The molecule has 2 heteroatoms. The molecule has 2 nitrogen and oxygen atoms in total. The largest absolute Gasteiger partial charge is 0.259 e. The number of aromatic nitrogens is 2. The second kappa shape index (κ2) is 11.5. The summed E-state index contributed by atoms with van der Waals surface area (Å²) in [7, 11) is 0. The number of hydrogen-bond acceptors (Lipinski definition) is 0. The van der Waals surface area contributed by atoms with Gasteiger partial charge in [-0.25, -0.2) is 0 Å². The van der Waals surface area contributed by atoms with E-state index in [0.29, 0.717) is 0 Å². The number of allylic oxidation sites excluding steroid dienone is 2. The summed E-state index contributed by atoms with van der Waals surface area (Å²) in [6, 6.07) is 35.3. The van der Waals surface area contributed by atoms with E-state index in [9.17, 15) is 0 Å². The topological polar surface area (TPSA) is 7.76 Å². The first-order valence-corrected chi connectivity index (χ1v) is 18.7. The van der Waals surface area contributed by atoms with Crippen LogP contribution in [0.1, 0.15) is 103 Å². The molecule has 2 aliphatic rings. The van der Waals surface area contributed by atoms with E-state index in [1.165, 1.54) is 83.3 Å². The predicted octanol–water partition coefficient (Wildman–Crippen LogP) is 11.5. The van der Waals surface area contributed by atoms with E-state index in [1.807, 2.05) is 0 Å². The van der Waals surface area contributed by atoms with Gasteiger partial charge in [-0.2, -0.15) is 9.13 Å². The molecule has 6 aromatic rings. The van der Waals surface area contributed by atoms with Gasteiger partial charge in [0.1, 0.15) is 0 Å². The van der Waals surface area contributed by atoms with Crippen LogP contribution < -0.4 is 9.13 Å². The van der Waals surface area contributed by atoms with Gasteiger partial charge < -0.3 is 0 Å². The molecular weight excluding hydrogens is 605 g/mol. The van der Waals surface area contributed by atoms with E-state index >= 15 is 0 Å². The summed E-state index contributed by atoms with van der Waals surface area (Å²) in [5, 5.41) is 5.27. The maximum atomic E-state index is 2.53. The predicted molar refractivity (Wildman–Crippen MR) is 211 cm³/mol. The molecule has 0 fully saturated rings. The molecule has 50 heavy (non-hydrogen) atoms. The minimum absolute atomic E-state index is 0.0557. The van der Waals surface area contributed by atoms with Crippen molar-refractivity contribution < 1.29 is 9.13 Å². The van der Waals surface area contributed by atoms with Gasteiger partial charge in [0.15, 0.2) is 12.4 Å². The second-order valence-corrected chi connectivity index (χ2v) is 17.2. The Hall–Kier alpha value is -4.56. The zero-order valence-electron chi connectivity index (χ0n) is 31.5.